The average Bonchev–Trinajstić information content (AvgIpc) is 3.21. The number of alkyl halides is 5. The maximum atomic E-state index is 13.5. The minimum atomic E-state index is -4.80. The second-order valence-electron chi connectivity index (χ2n) is 7.56. The first-order valence-electron chi connectivity index (χ1n) is 10.2. The van der Waals surface area contributed by atoms with E-state index in [2.05, 4.69) is 9.72 Å². The number of halogens is 6. The predicted octanol–water partition coefficient (Wildman–Crippen LogP) is 7.99. The third-order valence-corrected chi connectivity index (χ3v) is 5.93. The molecule has 0 N–H and O–H groups in total. The summed E-state index contributed by atoms with van der Waals surface area (Å²) < 4.78 is 70.8. The van der Waals surface area contributed by atoms with Crippen molar-refractivity contribution < 1.29 is 31.4 Å². The molecule has 1 aromatic heterocycles. The molecular formula is C25H20F6N2OS. The molecule has 3 aromatic carbocycles. The monoisotopic (exact) mass is 510 g/mol. The van der Waals surface area contributed by atoms with E-state index >= 15 is 0 Å². The summed E-state index contributed by atoms with van der Waals surface area (Å²) in [5, 5.41) is 0.535. The lowest BCUT2D eigenvalue weighted by Gasteiger charge is -2.12. The van der Waals surface area contributed by atoms with Crippen LogP contribution in [0.3, 0.4) is 0 Å². The number of ether oxygens (including phenoxy) is 1. The largest absolute Gasteiger partial charge is 0.573 e. The SMILES string of the molecule is CC(F)(F)c1ccc(CSc2nc(-c3ccccc3)cn2-c2cccc(OC(F)(F)F)c2)cc1.F. The van der Waals surface area contributed by atoms with Crippen LogP contribution >= 0.6 is 11.8 Å². The van der Waals surface area contributed by atoms with Crippen molar-refractivity contribution in [2.24, 2.45) is 0 Å². The fraction of sp³-hybridized carbons (Fsp3) is 0.160. The molecule has 4 aromatic rings. The van der Waals surface area contributed by atoms with Gasteiger partial charge in [-0.15, -0.1) is 13.2 Å². The number of imidazole rings is 1. The smallest absolute Gasteiger partial charge is 0.406 e. The number of rotatable bonds is 7. The van der Waals surface area contributed by atoms with Gasteiger partial charge in [0.15, 0.2) is 5.16 Å². The lowest BCUT2D eigenvalue weighted by molar-refractivity contribution is -0.274. The van der Waals surface area contributed by atoms with E-state index in [0.29, 0.717) is 22.3 Å². The zero-order valence-electron chi connectivity index (χ0n) is 18.3. The molecular weight excluding hydrogens is 490 g/mol. The highest BCUT2D eigenvalue weighted by molar-refractivity contribution is 7.98. The quantitative estimate of drug-likeness (QED) is 0.186. The van der Waals surface area contributed by atoms with Gasteiger partial charge in [-0.3, -0.25) is 9.27 Å². The van der Waals surface area contributed by atoms with Crippen LogP contribution in [0.15, 0.2) is 90.2 Å². The number of hydrogen-bond acceptors (Lipinski definition) is 3. The summed E-state index contributed by atoms with van der Waals surface area (Å²) in [6, 6.07) is 21.0. The second-order valence-corrected chi connectivity index (χ2v) is 8.51. The molecule has 0 spiro atoms. The van der Waals surface area contributed by atoms with Gasteiger partial charge in [0.05, 0.1) is 11.4 Å². The van der Waals surface area contributed by atoms with Gasteiger partial charge in [0, 0.05) is 36.1 Å². The molecule has 0 unspecified atom stereocenters. The molecule has 10 heteroatoms. The number of benzene rings is 3. The van der Waals surface area contributed by atoms with E-state index in [1.165, 1.54) is 42.1 Å². The highest BCUT2D eigenvalue weighted by Gasteiger charge is 2.31. The van der Waals surface area contributed by atoms with Crippen molar-refractivity contribution in [3.05, 3.63) is 96.2 Å². The first-order chi connectivity index (χ1) is 16.1. The fourth-order valence-corrected chi connectivity index (χ4v) is 4.22. The molecule has 0 amide bonds. The zero-order chi connectivity index (χ0) is 24.3. The number of thioether (sulfide) groups is 1. The summed E-state index contributed by atoms with van der Waals surface area (Å²) in [7, 11) is 0. The van der Waals surface area contributed by atoms with Crippen molar-refractivity contribution in [2.75, 3.05) is 0 Å². The Bertz CT molecular complexity index is 1250. The van der Waals surface area contributed by atoms with Crippen molar-refractivity contribution in [2.45, 2.75) is 30.1 Å². The van der Waals surface area contributed by atoms with E-state index < -0.39 is 12.3 Å². The third-order valence-electron chi connectivity index (χ3n) is 4.90. The summed E-state index contributed by atoms with van der Waals surface area (Å²) in [4.78, 5) is 4.68. The molecule has 0 atom stereocenters. The Morgan fingerprint density at radius 3 is 2.20 bits per heavy atom. The number of aromatic nitrogens is 2. The summed E-state index contributed by atoms with van der Waals surface area (Å²) >= 11 is 1.34. The van der Waals surface area contributed by atoms with Gasteiger partial charge in [0.2, 0.25) is 0 Å². The van der Waals surface area contributed by atoms with Gasteiger partial charge < -0.3 is 4.74 Å². The Balaban J connectivity index is 0.00000342. The molecule has 35 heavy (non-hydrogen) atoms. The first-order valence-corrected chi connectivity index (χ1v) is 11.2. The molecule has 0 bridgehead atoms. The van der Waals surface area contributed by atoms with Crippen LogP contribution < -0.4 is 4.74 Å². The molecule has 4 rings (SSSR count). The normalized spacial score (nSPS) is 11.7. The molecule has 0 saturated carbocycles. The van der Waals surface area contributed by atoms with Crippen LogP contribution in [0.25, 0.3) is 16.9 Å². The average molecular weight is 511 g/mol. The molecule has 0 aliphatic heterocycles. The van der Waals surface area contributed by atoms with E-state index in [0.717, 1.165) is 18.1 Å². The zero-order valence-corrected chi connectivity index (χ0v) is 19.1. The third kappa shape index (κ3) is 6.82. The van der Waals surface area contributed by atoms with E-state index in [1.54, 1.807) is 29.0 Å². The number of hydrogen-bond donors (Lipinski definition) is 0. The Morgan fingerprint density at radius 2 is 1.57 bits per heavy atom. The Hall–Kier alpha value is -3.40. The fourth-order valence-electron chi connectivity index (χ4n) is 3.27. The summed E-state index contributed by atoms with van der Waals surface area (Å²) in [6.45, 7) is 0.843. The van der Waals surface area contributed by atoms with Crippen molar-refractivity contribution in [3.63, 3.8) is 0 Å². The van der Waals surface area contributed by atoms with Gasteiger partial charge in [-0.2, -0.15) is 0 Å². The Morgan fingerprint density at radius 1 is 0.886 bits per heavy atom. The first kappa shape index (κ1) is 26.2. The Labute approximate surface area is 201 Å². The van der Waals surface area contributed by atoms with Gasteiger partial charge in [0.25, 0.3) is 5.92 Å². The van der Waals surface area contributed by atoms with Crippen molar-refractivity contribution in [3.8, 4) is 22.7 Å². The van der Waals surface area contributed by atoms with Crippen molar-refractivity contribution >= 4 is 11.8 Å². The van der Waals surface area contributed by atoms with Crippen LogP contribution in [0, 0.1) is 0 Å². The molecule has 0 fully saturated rings. The minimum absolute atomic E-state index is 0. The highest BCUT2D eigenvalue weighted by Crippen LogP contribution is 2.32. The molecule has 0 saturated heterocycles. The van der Waals surface area contributed by atoms with E-state index in [9.17, 15) is 22.0 Å². The minimum Gasteiger partial charge on any atom is -0.406 e. The molecule has 0 aliphatic carbocycles. The van der Waals surface area contributed by atoms with Gasteiger partial charge in [-0.05, 0) is 17.7 Å². The van der Waals surface area contributed by atoms with Gasteiger partial charge >= 0.3 is 6.36 Å². The van der Waals surface area contributed by atoms with Gasteiger partial charge in [0.1, 0.15) is 5.75 Å². The summed E-state index contributed by atoms with van der Waals surface area (Å²) in [6.07, 6.45) is -3.06. The van der Waals surface area contributed by atoms with Crippen LogP contribution in [-0.2, 0) is 11.7 Å². The van der Waals surface area contributed by atoms with Crippen LogP contribution in [-0.4, -0.2) is 15.9 Å². The topological polar surface area (TPSA) is 27.1 Å². The van der Waals surface area contributed by atoms with Crippen LogP contribution in [0.4, 0.5) is 26.7 Å². The maximum Gasteiger partial charge on any atom is 0.573 e. The van der Waals surface area contributed by atoms with Crippen LogP contribution in [0.5, 0.6) is 5.75 Å². The lowest BCUT2D eigenvalue weighted by Crippen LogP contribution is -2.17. The maximum absolute atomic E-state index is 13.5. The molecule has 3 nitrogen and oxygen atoms in total. The van der Waals surface area contributed by atoms with Crippen molar-refractivity contribution in [1.29, 1.82) is 0 Å². The van der Waals surface area contributed by atoms with E-state index in [-0.39, 0.29) is 16.0 Å². The summed E-state index contributed by atoms with van der Waals surface area (Å²) in [5.41, 5.74) is 2.67. The molecule has 0 aliphatic rings. The van der Waals surface area contributed by atoms with E-state index in [1.807, 2.05) is 30.3 Å². The van der Waals surface area contributed by atoms with Crippen molar-refractivity contribution in [1.82, 2.24) is 9.55 Å². The van der Waals surface area contributed by atoms with Gasteiger partial charge in [-0.25, -0.2) is 13.8 Å². The predicted molar refractivity (Wildman–Crippen MR) is 124 cm³/mol. The highest BCUT2D eigenvalue weighted by atomic mass is 32.2. The second kappa shape index (κ2) is 10.5. The number of nitrogens with zero attached hydrogens (tertiary/aromatic N) is 2. The summed E-state index contributed by atoms with van der Waals surface area (Å²) in [5.74, 6) is -2.83. The molecule has 0 radical (unpaired) electrons. The van der Waals surface area contributed by atoms with Gasteiger partial charge in [-0.1, -0.05) is 72.4 Å². The molecule has 1 heterocycles. The Kier molecular flexibility index (Phi) is 7.84. The van der Waals surface area contributed by atoms with Crippen LogP contribution in [0.2, 0.25) is 0 Å². The standard InChI is InChI=1S/C25H19F5N2OS.FH/c1-24(26,27)19-12-10-17(11-13-19)16-34-23-31-22(18-6-3-2-4-7-18)15-32(23)20-8-5-9-21(14-20)33-25(28,29)30;/h2-15H,16H2,1H3;1H. The lowest BCUT2D eigenvalue weighted by atomic mass is 10.1. The van der Waals surface area contributed by atoms with Crippen LogP contribution in [0.1, 0.15) is 18.1 Å². The molecule has 184 valence electrons. The van der Waals surface area contributed by atoms with E-state index in [4.69, 9.17) is 0 Å².